The van der Waals surface area contributed by atoms with Gasteiger partial charge in [0.2, 0.25) is 5.91 Å². The Kier molecular flexibility index (Phi) is 5.73. The Morgan fingerprint density at radius 1 is 1.12 bits per heavy atom. The highest BCUT2D eigenvalue weighted by Crippen LogP contribution is 2.34. The van der Waals surface area contributed by atoms with E-state index in [1.807, 2.05) is 0 Å². The zero-order valence-electron chi connectivity index (χ0n) is 15.3. The van der Waals surface area contributed by atoms with Gasteiger partial charge in [-0.2, -0.15) is 0 Å². The Bertz CT molecular complexity index is 489. The second-order valence-electron chi connectivity index (χ2n) is 7.95. The Morgan fingerprint density at radius 2 is 2.00 bits per heavy atom. The quantitative estimate of drug-likeness (QED) is 0.715. The van der Waals surface area contributed by atoms with Crippen molar-refractivity contribution in [3.63, 3.8) is 0 Å². The summed E-state index contributed by atoms with van der Waals surface area (Å²) in [6.07, 6.45) is 12.2. The molecule has 0 aromatic rings. The van der Waals surface area contributed by atoms with E-state index in [-0.39, 0.29) is 24.2 Å². The van der Waals surface area contributed by atoms with Crippen molar-refractivity contribution in [3.8, 4) is 0 Å². The second kappa shape index (κ2) is 8.19. The van der Waals surface area contributed by atoms with Gasteiger partial charge in [0, 0.05) is 19.0 Å². The number of nitrogens with zero attached hydrogens (tertiary/aromatic N) is 2. The number of hydrogen-bond donors (Lipinski definition) is 0. The van der Waals surface area contributed by atoms with E-state index in [0.29, 0.717) is 12.5 Å². The smallest absolute Gasteiger partial charge is 0.226 e. The molecule has 140 valence electrons. The molecule has 2 heterocycles. The summed E-state index contributed by atoms with van der Waals surface area (Å²) < 4.78 is 12.3. The second-order valence-corrected chi connectivity index (χ2v) is 7.95. The number of hydrogen-bond acceptors (Lipinski definition) is 4. The molecular weight excluding hydrogens is 316 g/mol. The molecule has 0 spiro atoms. The van der Waals surface area contributed by atoms with E-state index in [9.17, 15) is 4.79 Å². The van der Waals surface area contributed by atoms with Gasteiger partial charge in [0.15, 0.2) is 0 Å². The monoisotopic (exact) mass is 348 g/mol. The molecule has 0 aromatic heterocycles. The maximum atomic E-state index is 13.0. The van der Waals surface area contributed by atoms with E-state index in [0.717, 1.165) is 51.8 Å². The average molecular weight is 348 g/mol. The maximum Gasteiger partial charge on any atom is 0.226 e. The summed E-state index contributed by atoms with van der Waals surface area (Å²) in [5.41, 5.74) is 0. The summed E-state index contributed by atoms with van der Waals surface area (Å²) in [4.78, 5) is 17.6. The molecule has 2 aliphatic heterocycles. The van der Waals surface area contributed by atoms with Crippen molar-refractivity contribution in [1.29, 1.82) is 0 Å². The summed E-state index contributed by atoms with van der Waals surface area (Å²) in [5, 5.41) is 0. The minimum absolute atomic E-state index is 0.0791. The van der Waals surface area contributed by atoms with E-state index in [1.165, 1.54) is 25.9 Å². The van der Waals surface area contributed by atoms with Crippen LogP contribution < -0.4 is 0 Å². The first kappa shape index (κ1) is 17.5. The molecule has 4 aliphatic rings. The molecule has 3 fully saturated rings. The summed E-state index contributed by atoms with van der Waals surface area (Å²) in [5.74, 6) is 0.527. The summed E-state index contributed by atoms with van der Waals surface area (Å²) in [6, 6.07) is 0.226. The average Bonchev–Trinajstić information content (AvgIpc) is 3.32. The van der Waals surface area contributed by atoms with Crippen LogP contribution in [0, 0.1) is 5.92 Å². The molecule has 0 bridgehead atoms. The Morgan fingerprint density at radius 3 is 2.80 bits per heavy atom. The van der Waals surface area contributed by atoms with Gasteiger partial charge in [-0.15, -0.1) is 0 Å². The van der Waals surface area contributed by atoms with Crippen LogP contribution in [-0.2, 0) is 14.3 Å². The van der Waals surface area contributed by atoms with Gasteiger partial charge in [0.1, 0.15) is 6.10 Å². The van der Waals surface area contributed by atoms with Gasteiger partial charge in [0.05, 0.1) is 25.4 Å². The number of allylic oxidation sites excluding steroid dienone is 2. The van der Waals surface area contributed by atoms with Crippen molar-refractivity contribution >= 4 is 5.91 Å². The van der Waals surface area contributed by atoms with Crippen LogP contribution in [0.15, 0.2) is 12.2 Å². The zero-order valence-corrected chi connectivity index (χ0v) is 15.3. The lowest BCUT2D eigenvalue weighted by Crippen LogP contribution is -2.55. The Balaban J connectivity index is 1.30. The van der Waals surface area contributed by atoms with Crippen LogP contribution >= 0.6 is 0 Å². The van der Waals surface area contributed by atoms with E-state index < -0.39 is 0 Å². The lowest BCUT2D eigenvalue weighted by atomic mass is 9.92. The molecule has 4 atom stereocenters. The molecule has 0 unspecified atom stereocenters. The minimum Gasteiger partial charge on any atom is -0.374 e. The summed E-state index contributed by atoms with van der Waals surface area (Å²) in [7, 11) is 0. The van der Waals surface area contributed by atoms with Crippen molar-refractivity contribution in [2.24, 2.45) is 5.92 Å². The minimum atomic E-state index is 0.0791. The van der Waals surface area contributed by atoms with Gasteiger partial charge in [-0.05, 0) is 58.0 Å². The van der Waals surface area contributed by atoms with Crippen LogP contribution in [0.2, 0.25) is 0 Å². The van der Waals surface area contributed by atoms with E-state index in [2.05, 4.69) is 22.0 Å². The zero-order chi connectivity index (χ0) is 17.1. The topological polar surface area (TPSA) is 42.0 Å². The first-order valence-corrected chi connectivity index (χ1v) is 10.2. The van der Waals surface area contributed by atoms with Gasteiger partial charge in [-0.3, -0.25) is 4.79 Å². The fourth-order valence-corrected chi connectivity index (χ4v) is 4.96. The van der Waals surface area contributed by atoms with Crippen molar-refractivity contribution in [3.05, 3.63) is 12.2 Å². The van der Waals surface area contributed by atoms with Crippen LogP contribution in [0.4, 0.5) is 0 Å². The van der Waals surface area contributed by atoms with Crippen LogP contribution in [0.3, 0.4) is 0 Å². The molecule has 0 radical (unpaired) electrons. The molecule has 1 saturated carbocycles. The highest BCUT2D eigenvalue weighted by Gasteiger charge is 2.45. The normalized spacial score (nSPS) is 35.9. The number of rotatable bonds is 5. The van der Waals surface area contributed by atoms with Crippen LogP contribution in [0.5, 0.6) is 0 Å². The van der Waals surface area contributed by atoms with Gasteiger partial charge >= 0.3 is 0 Å². The van der Waals surface area contributed by atoms with Crippen LogP contribution in [0.25, 0.3) is 0 Å². The summed E-state index contributed by atoms with van der Waals surface area (Å²) >= 11 is 0. The van der Waals surface area contributed by atoms with Gasteiger partial charge in [0.25, 0.3) is 0 Å². The Hall–Kier alpha value is -0.910. The third kappa shape index (κ3) is 3.93. The molecule has 0 N–H and O–H groups in total. The lowest BCUT2D eigenvalue weighted by molar-refractivity contribution is -0.155. The molecule has 0 aromatic carbocycles. The van der Waals surface area contributed by atoms with Crippen molar-refractivity contribution in [1.82, 2.24) is 9.80 Å². The van der Waals surface area contributed by atoms with Gasteiger partial charge < -0.3 is 19.3 Å². The summed E-state index contributed by atoms with van der Waals surface area (Å²) in [6.45, 7) is 5.66. The molecule has 2 aliphatic carbocycles. The largest absolute Gasteiger partial charge is 0.374 e. The first-order chi connectivity index (χ1) is 12.3. The third-order valence-corrected chi connectivity index (χ3v) is 6.37. The SMILES string of the molecule is O=C([C@H]1CC=CCC1)N1CCO[C@H]2[C@H](OCCN3CCCC3)CC[C@@H]21. The molecule has 1 amide bonds. The fourth-order valence-electron chi connectivity index (χ4n) is 4.96. The van der Waals surface area contributed by atoms with E-state index in [4.69, 9.17) is 9.47 Å². The number of fused-ring (bicyclic) bond motifs is 1. The molecule has 5 heteroatoms. The van der Waals surface area contributed by atoms with E-state index >= 15 is 0 Å². The maximum absolute atomic E-state index is 13.0. The van der Waals surface area contributed by atoms with Crippen LogP contribution in [-0.4, -0.2) is 73.3 Å². The number of carbonyl (C=O) groups is 1. The third-order valence-electron chi connectivity index (χ3n) is 6.37. The number of morpholine rings is 1. The fraction of sp³-hybridized carbons (Fsp3) is 0.850. The van der Waals surface area contributed by atoms with Crippen LogP contribution in [0.1, 0.15) is 44.9 Å². The highest BCUT2D eigenvalue weighted by atomic mass is 16.5. The highest BCUT2D eigenvalue weighted by molar-refractivity contribution is 5.79. The Labute approximate surface area is 151 Å². The number of ether oxygens (including phenoxy) is 2. The number of carbonyl (C=O) groups excluding carboxylic acids is 1. The molecular formula is C20H32N2O3. The molecule has 4 rings (SSSR count). The van der Waals surface area contributed by atoms with Crippen molar-refractivity contribution in [2.45, 2.75) is 63.2 Å². The van der Waals surface area contributed by atoms with E-state index in [1.54, 1.807) is 0 Å². The van der Waals surface area contributed by atoms with Crippen molar-refractivity contribution in [2.75, 3.05) is 39.4 Å². The predicted octanol–water partition coefficient (Wildman–Crippen LogP) is 2.21. The predicted molar refractivity (Wildman–Crippen MR) is 96.4 cm³/mol. The number of likely N-dealkylation sites (tertiary alicyclic amines) is 1. The van der Waals surface area contributed by atoms with Crippen molar-refractivity contribution < 1.29 is 14.3 Å². The van der Waals surface area contributed by atoms with Gasteiger partial charge in [-0.25, -0.2) is 0 Å². The first-order valence-electron chi connectivity index (χ1n) is 10.2. The lowest BCUT2D eigenvalue weighted by Gasteiger charge is -2.40. The standard InChI is InChI=1S/C20H32N2O3/c23-20(16-6-2-1-3-7-16)22-13-15-25-19-17(22)8-9-18(19)24-14-12-21-10-4-5-11-21/h1-2,16-19H,3-15H2/t16-,17-,18+,19+/m0/s1. The van der Waals surface area contributed by atoms with Gasteiger partial charge in [-0.1, -0.05) is 12.2 Å². The molecule has 5 nitrogen and oxygen atoms in total. The molecule has 2 saturated heterocycles. The molecule has 25 heavy (non-hydrogen) atoms. The number of amides is 1.